The van der Waals surface area contributed by atoms with Crippen molar-refractivity contribution >= 4 is 35.0 Å². The number of anilines is 1. The topological polar surface area (TPSA) is 88.2 Å². The normalized spacial score (nSPS) is 20.1. The Morgan fingerprint density at radius 3 is 2.52 bits per heavy atom. The molecule has 2 bridgehead atoms. The molecule has 1 N–H and O–H groups in total. The zero-order valence-corrected chi connectivity index (χ0v) is 23.7. The maximum Gasteiger partial charge on any atom is 0.419 e. The number of carboxylic acid groups (broad SMARTS) is 1. The second-order valence-electron chi connectivity index (χ2n) is 11.0. The molecule has 8 heteroatoms. The number of methoxy groups -OCH3 is 1. The molecule has 7 rings (SSSR count). The molecule has 8 nitrogen and oxygen atoms in total. The smallest absolute Gasteiger partial charge is 0.419 e. The fourth-order valence-electron chi connectivity index (χ4n) is 6.33. The minimum atomic E-state index is -0.917. The van der Waals surface area contributed by atoms with E-state index in [0.29, 0.717) is 30.2 Å². The Hall–Kier alpha value is -4.56. The number of fused-ring (bicyclic) bond motifs is 4. The van der Waals surface area contributed by atoms with Crippen LogP contribution in [0.25, 0.3) is 34.4 Å². The van der Waals surface area contributed by atoms with Crippen molar-refractivity contribution in [3.05, 3.63) is 101 Å². The van der Waals surface area contributed by atoms with E-state index in [4.69, 9.17) is 9.15 Å². The molecule has 4 heterocycles. The van der Waals surface area contributed by atoms with Gasteiger partial charge in [-0.2, -0.15) is 0 Å². The van der Waals surface area contributed by atoms with E-state index in [-0.39, 0.29) is 6.04 Å². The fourth-order valence-corrected chi connectivity index (χ4v) is 6.33. The second kappa shape index (κ2) is 12.1. The molecule has 1 atom stereocenters. The monoisotopic (exact) mass is 565 g/mol. The van der Waals surface area contributed by atoms with E-state index in [2.05, 4.69) is 4.90 Å². The van der Waals surface area contributed by atoms with Crippen LogP contribution < -0.4 is 10.7 Å². The quantitative estimate of drug-likeness (QED) is 0.231. The zero-order valence-electron chi connectivity index (χ0n) is 23.7. The number of hydrogen-bond acceptors (Lipinski definition) is 5. The molecule has 42 heavy (non-hydrogen) atoms. The van der Waals surface area contributed by atoms with E-state index in [1.807, 2.05) is 78.9 Å². The summed E-state index contributed by atoms with van der Waals surface area (Å²) in [6.07, 6.45) is 9.14. The van der Waals surface area contributed by atoms with Crippen molar-refractivity contribution in [2.24, 2.45) is 5.92 Å². The third-order valence-corrected chi connectivity index (χ3v) is 8.44. The Labute approximate surface area is 244 Å². The third kappa shape index (κ3) is 5.63. The number of benzene rings is 3. The highest BCUT2D eigenvalue weighted by Crippen LogP contribution is 2.39. The van der Waals surface area contributed by atoms with Crippen molar-refractivity contribution in [3.8, 4) is 11.1 Å². The molecule has 3 fully saturated rings. The van der Waals surface area contributed by atoms with Gasteiger partial charge in [0.1, 0.15) is 0 Å². The van der Waals surface area contributed by atoms with Crippen molar-refractivity contribution in [1.29, 1.82) is 0 Å². The van der Waals surface area contributed by atoms with Gasteiger partial charge >= 0.3 is 11.8 Å². The van der Waals surface area contributed by atoms with E-state index in [0.717, 1.165) is 60.2 Å². The van der Waals surface area contributed by atoms with Crippen LogP contribution in [0.5, 0.6) is 0 Å². The van der Waals surface area contributed by atoms with Crippen LogP contribution in [0.1, 0.15) is 30.4 Å². The summed E-state index contributed by atoms with van der Waals surface area (Å²) in [7, 11) is 1.58. The van der Waals surface area contributed by atoms with Gasteiger partial charge in [-0.15, -0.1) is 0 Å². The molecule has 216 valence electrons. The number of carbonyl (C=O) groups is 1. The number of nitrogens with zero attached hydrogens (tertiary/aromatic N) is 3. The summed E-state index contributed by atoms with van der Waals surface area (Å²) < 4.78 is 12.1. The van der Waals surface area contributed by atoms with Gasteiger partial charge in [0.25, 0.3) is 0 Å². The Kier molecular flexibility index (Phi) is 7.97. The van der Waals surface area contributed by atoms with Crippen LogP contribution in [-0.4, -0.2) is 53.5 Å². The molecule has 3 aliphatic heterocycles. The largest absolute Gasteiger partial charge is 0.504 e. The molecule has 3 aromatic carbocycles. The lowest BCUT2D eigenvalue weighted by molar-refractivity contribution is 0.0838. The standard InChI is InChI=1S/C34H35N3O5/c1-41-20-16-25-11-13-29-32(22-25)42-34(40)36(29)17-6-5-7-24-10-12-28(26-8-3-2-4-9-26)30(21-24)37(33(38)39)31-23-35-18-14-27(31)15-19-35/h2-5,7-13,16,20-22,27,31H,6,14-15,17-19,23H2,1H3,(H,38,39)/b7-5+,20-16+/t31-/m0/s1. The Morgan fingerprint density at radius 2 is 1.81 bits per heavy atom. The predicted octanol–water partition coefficient (Wildman–Crippen LogP) is 6.56. The summed E-state index contributed by atoms with van der Waals surface area (Å²) in [5.74, 6) is -0.0283. The molecule has 1 aromatic heterocycles. The molecule has 0 saturated carbocycles. The first kappa shape index (κ1) is 27.6. The summed E-state index contributed by atoms with van der Waals surface area (Å²) in [4.78, 5) is 29.4. The van der Waals surface area contributed by atoms with Crippen LogP contribution in [0.4, 0.5) is 10.5 Å². The number of aryl methyl sites for hydroxylation is 1. The SMILES string of the molecule is CO/C=C/c1ccc2c(c1)oc(=O)n2CC/C=C/c1ccc(-c2ccccc2)c(N(C(=O)O)[C@H]2CN3CCC2CC3)c1. The molecular formula is C34H35N3O5. The molecule has 1 amide bonds. The average Bonchev–Trinajstić information content (AvgIpc) is 3.33. The first-order valence-corrected chi connectivity index (χ1v) is 14.4. The van der Waals surface area contributed by atoms with Gasteiger partial charge in [-0.25, -0.2) is 9.59 Å². The zero-order chi connectivity index (χ0) is 29.1. The van der Waals surface area contributed by atoms with Crippen LogP contribution in [0, 0.1) is 5.92 Å². The molecule has 0 spiro atoms. The summed E-state index contributed by atoms with van der Waals surface area (Å²) in [6, 6.07) is 21.5. The third-order valence-electron chi connectivity index (χ3n) is 8.44. The van der Waals surface area contributed by atoms with Crippen LogP contribution in [0.15, 0.2) is 88.3 Å². The van der Waals surface area contributed by atoms with Crippen molar-refractivity contribution in [2.45, 2.75) is 31.8 Å². The van der Waals surface area contributed by atoms with Gasteiger partial charge in [0.2, 0.25) is 0 Å². The first-order valence-electron chi connectivity index (χ1n) is 14.4. The van der Waals surface area contributed by atoms with Gasteiger partial charge in [-0.05, 0) is 79.2 Å². The maximum atomic E-state index is 12.8. The van der Waals surface area contributed by atoms with Gasteiger partial charge in [0, 0.05) is 18.7 Å². The van der Waals surface area contributed by atoms with Crippen molar-refractivity contribution in [2.75, 3.05) is 31.6 Å². The fraction of sp³-hybridized carbons (Fsp3) is 0.294. The number of rotatable bonds is 9. The number of hydrogen-bond donors (Lipinski definition) is 1. The van der Waals surface area contributed by atoms with E-state index in [9.17, 15) is 14.7 Å². The number of amides is 1. The van der Waals surface area contributed by atoms with Crippen LogP contribution >= 0.6 is 0 Å². The lowest BCUT2D eigenvalue weighted by Crippen LogP contribution is -2.59. The summed E-state index contributed by atoms with van der Waals surface area (Å²) >= 11 is 0. The maximum absolute atomic E-state index is 12.8. The van der Waals surface area contributed by atoms with Crippen LogP contribution in [0.2, 0.25) is 0 Å². The van der Waals surface area contributed by atoms with E-state index >= 15 is 0 Å². The molecular weight excluding hydrogens is 530 g/mol. The molecule has 0 aliphatic carbocycles. The number of piperidine rings is 3. The van der Waals surface area contributed by atoms with Crippen molar-refractivity contribution < 1.29 is 19.1 Å². The lowest BCUT2D eigenvalue weighted by atomic mass is 9.82. The van der Waals surface area contributed by atoms with Crippen molar-refractivity contribution in [3.63, 3.8) is 0 Å². The molecule has 0 radical (unpaired) electrons. The summed E-state index contributed by atoms with van der Waals surface area (Å²) in [6.45, 7) is 3.32. The highest BCUT2D eigenvalue weighted by atomic mass is 16.5. The molecule has 0 unspecified atom stereocenters. The minimum Gasteiger partial charge on any atom is -0.504 e. The van der Waals surface area contributed by atoms with E-state index in [1.165, 1.54) is 0 Å². The molecule has 4 aromatic rings. The molecule has 3 aliphatic rings. The Bertz CT molecular complexity index is 1680. The summed E-state index contributed by atoms with van der Waals surface area (Å²) in [5, 5.41) is 10.5. The predicted molar refractivity (Wildman–Crippen MR) is 166 cm³/mol. The number of ether oxygens (including phenoxy) is 1. The molecule has 3 saturated heterocycles. The summed E-state index contributed by atoms with van der Waals surface area (Å²) in [5.41, 5.74) is 5.68. The van der Waals surface area contributed by atoms with Gasteiger partial charge in [-0.1, -0.05) is 60.7 Å². The first-order chi connectivity index (χ1) is 20.5. The average molecular weight is 566 g/mol. The van der Waals surface area contributed by atoms with Gasteiger partial charge in [-0.3, -0.25) is 9.47 Å². The Balaban J connectivity index is 1.26. The van der Waals surface area contributed by atoms with Crippen LogP contribution in [0.3, 0.4) is 0 Å². The highest BCUT2D eigenvalue weighted by Gasteiger charge is 2.40. The van der Waals surface area contributed by atoms with E-state index in [1.54, 1.807) is 28.9 Å². The highest BCUT2D eigenvalue weighted by molar-refractivity contribution is 5.94. The number of oxazole rings is 1. The lowest BCUT2D eigenvalue weighted by Gasteiger charge is -2.48. The van der Waals surface area contributed by atoms with E-state index < -0.39 is 11.8 Å². The van der Waals surface area contributed by atoms with Gasteiger partial charge in [0.15, 0.2) is 5.58 Å². The van der Waals surface area contributed by atoms with Crippen molar-refractivity contribution in [1.82, 2.24) is 9.47 Å². The van der Waals surface area contributed by atoms with Gasteiger partial charge < -0.3 is 19.2 Å². The van der Waals surface area contributed by atoms with Crippen LogP contribution in [-0.2, 0) is 11.3 Å². The number of allylic oxidation sites excluding steroid dienone is 1. The number of aromatic nitrogens is 1. The minimum absolute atomic E-state index is 0.0709. The Morgan fingerprint density at radius 1 is 1.05 bits per heavy atom. The second-order valence-corrected chi connectivity index (χ2v) is 11.0. The van der Waals surface area contributed by atoms with Gasteiger partial charge in [0.05, 0.1) is 30.6 Å².